The van der Waals surface area contributed by atoms with Crippen molar-refractivity contribution in [2.75, 3.05) is 0 Å². The van der Waals surface area contributed by atoms with E-state index in [1.807, 2.05) is 0 Å². The molecule has 0 fully saturated rings. The van der Waals surface area contributed by atoms with E-state index in [0.717, 1.165) is 0 Å². The molecule has 0 spiro atoms. The second-order valence-electron chi connectivity index (χ2n) is 6.13. The number of ether oxygens (including phenoxy) is 2. The van der Waals surface area contributed by atoms with Crippen molar-refractivity contribution in [3.05, 3.63) is 90.3 Å². The van der Waals surface area contributed by atoms with Gasteiger partial charge in [0, 0.05) is 15.1 Å². The number of rotatable bonds is 4. The van der Waals surface area contributed by atoms with Gasteiger partial charge in [0.1, 0.15) is 0 Å². The van der Waals surface area contributed by atoms with Gasteiger partial charge in [-0.2, -0.15) is 0 Å². The van der Waals surface area contributed by atoms with Crippen molar-refractivity contribution in [3.8, 4) is 5.75 Å². The molecule has 3 aromatic rings. The Kier molecular flexibility index (Phi) is 6.34. The molecular formula is C21H9Br2Cl2NO5. The molecule has 0 saturated heterocycles. The highest BCUT2D eigenvalue weighted by Crippen LogP contribution is 2.36. The lowest BCUT2D eigenvalue weighted by Gasteiger charge is -2.10. The van der Waals surface area contributed by atoms with Crippen LogP contribution in [0.3, 0.4) is 0 Å². The summed E-state index contributed by atoms with van der Waals surface area (Å²) in [6, 6.07) is 11.1. The first kappa shape index (κ1) is 21.8. The molecule has 0 saturated carbocycles. The molecule has 156 valence electrons. The molecule has 6 nitrogen and oxygen atoms in total. The van der Waals surface area contributed by atoms with Crippen LogP contribution in [0.5, 0.6) is 5.75 Å². The highest BCUT2D eigenvalue weighted by atomic mass is 79.9. The topological polar surface area (TPSA) is 78.1 Å². The van der Waals surface area contributed by atoms with Crippen LogP contribution in [0.15, 0.2) is 72.8 Å². The van der Waals surface area contributed by atoms with Crippen molar-refractivity contribution in [1.29, 1.82) is 0 Å². The van der Waals surface area contributed by atoms with Crippen LogP contribution in [-0.4, -0.2) is 17.8 Å². The van der Waals surface area contributed by atoms with Gasteiger partial charge in [-0.25, -0.2) is 14.6 Å². The summed E-state index contributed by atoms with van der Waals surface area (Å²) in [6.45, 7) is 0. The summed E-state index contributed by atoms with van der Waals surface area (Å²) in [6.07, 6.45) is 2.81. The Morgan fingerprint density at radius 1 is 1.13 bits per heavy atom. The molecule has 0 N–H and O–H groups in total. The fourth-order valence-corrected chi connectivity index (χ4v) is 4.50. The van der Waals surface area contributed by atoms with Crippen LogP contribution >= 0.6 is 55.1 Å². The molecule has 10 heteroatoms. The van der Waals surface area contributed by atoms with Gasteiger partial charge in [-0.1, -0.05) is 39.1 Å². The first-order valence-electron chi connectivity index (χ1n) is 8.54. The van der Waals surface area contributed by atoms with Gasteiger partial charge >= 0.3 is 11.9 Å². The summed E-state index contributed by atoms with van der Waals surface area (Å²) < 4.78 is 17.0. The molecule has 0 atom stereocenters. The second kappa shape index (κ2) is 9.00. The summed E-state index contributed by atoms with van der Waals surface area (Å²) in [4.78, 5) is 29.0. The van der Waals surface area contributed by atoms with Crippen molar-refractivity contribution in [2.24, 2.45) is 4.99 Å². The van der Waals surface area contributed by atoms with Gasteiger partial charge in [-0.15, -0.1) is 0 Å². The zero-order valence-electron chi connectivity index (χ0n) is 15.2. The molecule has 0 unspecified atom stereocenters. The minimum atomic E-state index is -0.696. The molecule has 4 rings (SSSR count). The van der Waals surface area contributed by atoms with E-state index in [1.54, 1.807) is 30.3 Å². The summed E-state index contributed by atoms with van der Waals surface area (Å²) >= 11 is 18.8. The maximum Gasteiger partial charge on any atom is 0.379 e. The quantitative estimate of drug-likeness (QED) is 0.194. The highest BCUT2D eigenvalue weighted by Gasteiger charge is 2.27. The molecule has 2 aromatic carbocycles. The van der Waals surface area contributed by atoms with Gasteiger partial charge in [-0.05, 0) is 64.5 Å². The molecule has 0 amide bonds. The Bertz CT molecular complexity index is 1270. The number of benzene rings is 2. The average molecular weight is 586 g/mol. The summed E-state index contributed by atoms with van der Waals surface area (Å²) in [5, 5.41) is 0.731. The largest absolute Gasteiger partial charge is 0.457 e. The minimum Gasteiger partial charge on any atom is -0.457 e. The van der Waals surface area contributed by atoms with Crippen molar-refractivity contribution in [2.45, 2.75) is 0 Å². The number of hydrogen-bond acceptors (Lipinski definition) is 6. The predicted octanol–water partition coefficient (Wildman–Crippen LogP) is 6.68. The van der Waals surface area contributed by atoms with Crippen molar-refractivity contribution >= 4 is 79.0 Å². The van der Waals surface area contributed by atoms with E-state index >= 15 is 0 Å². The number of cyclic esters (lactones) is 1. The molecule has 1 aliphatic heterocycles. The average Bonchev–Trinajstić information content (AvgIpc) is 3.35. The fourth-order valence-electron chi connectivity index (χ4n) is 2.67. The van der Waals surface area contributed by atoms with Crippen LogP contribution in [0.2, 0.25) is 10.0 Å². The van der Waals surface area contributed by atoms with E-state index in [-0.39, 0.29) is 23.1 Å². The Morgan fingerprint density at radius 2 is 1.94 bits per heavy atom. The molecule has 0 aliphatic carbocycles. The van der Waals surface area contributed by atoms with Gasteiger partial charge in [0.05, 0.1) is 21.3 Å². The number of furan rings is 1. The molecule has 1 aliphatic rings. The molecule has 1 aromatic heterocycles. The number of esters is 2. The van der Waals surface area contributed by atoms with Crippen molar-refractivity contribution in [1.82, 2.24) is 0 Å². The van der Waals surface area contributed by atoms with Crippen LogP contribution in [0.1, 0.15) is 21.7 Å². The predicted molar refractivity (Wildman–Crippen MR) is 123 cm³/mol. The highest BCUT2D eigenvalue weighted by molar-refractivity contribution is 9.11. The van der Waals surface area contributed by atoms with Crippen molar-refractivity contribution < 1.29 is 23.5 Å². The SMILES string of the molecule is O=C1OC(c2ccc(Cl)cc2Cl)=N/C1=C\c1cc(Br)cc(Br)c1OC(=O)c1ccco1. The first-order chi connectivity index (χ1) is 14.8. The van der Waals surface area contributed by atoms with Crippen LogP contribution < -0.4 is 4.74 Å². The third-order valence-electron chi connectivity index (χ3n) is 4.03. The monoisotopic (exact) mass is 583 g/mol. The number of halogens is 4. The van der Waals surface area contributed by atoms with Gasteiger partial charge in [0.25, 0.3) is 0 Å². The zero-order valence-corrected chi connectivity index (χ0v) is 19.9. The fraction of sp³-hybridized carbons (Fsp3) is 0. The third-order valence-corrected chi connectivity index (χ3v) is 5.62. The lowest BCUT2D eigenvalue weighted by molar-refractivity contribution is -0.129. The van der Waals surface area contributed by atoms with Crippen LogP contribution in [0, 0.1) is 0 Å². The Morgan fingerprint density at radius 3 is 2.65 bits per heavy atom. The van der Waals surface area contributed by atoms with Gasteiger partial charge in [0.2, 0.25) is 11.7 Å². The minimum absolute atomic E-state index is 0.00122. The van der Waals surface area contributed by atoms with Gasteiger partial charge in [0.15, 0.2) is 11.4 Å². The van der Waals surface area contributed by atoms with E-state index < -0.39 is 11.9 Å². The molecular weight excluding hydrogens is 577 g/mol. The standard InChI is InChI=1S/C21H9Br2Cl2NO5/c22-11-6-10(18(14(23)8-11)30-21(28)17-2-1-5-29-17)7-16-20(27)31-19(26-16)13-4-3-12(24)9-15(13)25/h1-9H/b16-7-. The van der Waals surface area contributed by atoms with Gasteiger partial charge in [-0.3, -0.25) is 0 Å². The van der Waals surface area contributed by atoms with Crippen LogP contribution in [0.4, 0.5) is 0 Å². The molecule has 2 heterocycles. The molecule has 31 heavy (non-hydrogen) atoms. The smallest absolute Gasteiger partial charge is 0.379 e. The van der Waals surface area contributed by atoms with E-state index in [4.69, 9.17) is 37.1 Å². The van der Waals surface area contributed by atoms with Crippen LogP contribution in [0.25, 0.3) is 6.08 Å². The number of aliphatic imine (C=N–C) groups is 1. The first-order valence-corrected chi connectivity index (χ1v) is 10.9. The molecule has 0 radical (unpaired) electrons. The number of nitrogens with zero attached hydrogens (tertiary/aromatic N) is 1. The summed E-state index contributed by atoms with van der Waals surface area (Å²) in [5.41, 5.74) is 0.823. The van der Waals surface area contributed by atoms with Gasteiger partial charge < -0.3 is 13.9 Å². The molecule has 0 bridgehead atoms. The Labute approximate surface area is 202 Å². The summed E-state index contributed by atoms with van der Waals surface area (Å²) in [5.74, 6) is -1.12. The van der Waals surface area contributed by atoms with E-state index in [2.05, 4.69) is 36.9 Å². The zero-order chi connectivity index (χ0) is 22.1. The second-order valence-corrected chi connectivity index (χ2v) is 8.75. The Balaban J connectivity index is 1.73. The number of hydrogen-bond donors (Lipinski definition) is 0. The third kappa shape index (κ3) is 4.77. The maximum absolute atomic E-state index is 12.4. The summed E-state index contributed by atoms with van der Waals surface area (Å²) in [7, 11) is 0. The van der Waals surface area contributed by atoms with E-state index in [9.17, 15) is 9.59 Å². The van der Waals surface area contributed by atoms with Crippen molar-refractivity contribution in [3.63, 3.8) is 0 Å². The Hall–Kier alpha value is -2.39. The normalized spacial score (nSPS) is 14.5. The lowest BCUT2D eigenvalue weighted by Crippen LogP contribution is -2.09. The lowest BCUT2D eigenvalue weighted by atomic mass is 10.1. The van der Waals surface area contributed by atoms with E-state index in [0.29, 0.717) is 30.1 Å². The van der Waals surface area contributed by atoms with E-state index in [1.165, 1.54) is 24.5 Å². The number of carbonyl (C=O) groups excluding carboxylic acids is 2. The number of carbonyl (C=O) groups is 2. The maximum atomic E-state index is 12.4. The van der Waals surface area contributed by atoms with Crippen LogP contribution in [-0.2, 0) is 9.53 Å².